The van der Waals surface area contributed by atoms with Gasteiger partial charge >= 0.3 is 11.9 Å². The number of para-hydroxylation sites is 2. The predicted molar refractivity (Wildman–Crippen MR) is 103 cm³/mol. The Hall–Kier alpha value is -2.08. The number of fused-ring (bicyclic) bond motifs is 1. The molecule has 0 spiro atoms. The summed E-state index contributed by atoms with van der Waals surface area (Å²) in [5.74, 6) is 0.393. The van der Waals surface area contributed by atoms with Crippen LogP contribution in [0.1, 0.15) is 39.0 Å². The lowest BCUT2D eigenvalue weighted by molar-refractivity contribution is -0.646. The fourth-order valence-electron chi connectivity index (χ4n) is 3.64. The first kappa shape index (κ1) is 18.7. The van der Waals surface area contributed by atoms with E-state index in [9.17, 15) is 4.79 Å². The molecule has 0 saturated carbocycles. The van der Waals surface area contributed by atoms with Crippen molar-refractivity contribution in [1.29, 1.82) is 0 Å². The van der Waals surface area contributed by atoms with Gasteiger partial charge in [-0.3, -0.25) is 5.73 Å². The molecule has 0 unspecified atom stereocenters. The van der Waals surface area contributed by atoms with Crippen LogP contribution >= 0.6 is 0 Å². The number of carbonyl (C=O) groups is 1. The molecule has 1 aromatic carbocycles. The Morgan fingerprint density at radius 2 is 1.96 bits per heavy atom. The van der Waals surface area contributed by atoms with Crippen LogP contribution in [0.2, 0.25) is 0 Å². The number of ether oxygens (including phenoxy) is 1. The number of nitrogen functional groups attached to an aromatic ring is 1. The molecule has 1 saturated heterocycles. The highest BCUT2D eigenvalue weighted by molar-refractivity contribution is 5.75. The van der Waals surface area contributed by atoms with Crippen molar-refractivity contribution in [2.45, 2.75) is 52.1 Å². The monoisotopic (exact) mass is 359 g/mol. The van der Waals surface area contributed by atoms with E-state index in [1.54, 1.807) is 0 Å². The maximum atomic E-state index is 12.2. The number of rotatable bonds is 8. The van der Waals surface area contributed by atoms with E-state index in [2.05, 4.69) is 22.5 Å². The van der Waals surface area contributed by atoms with Gasteiger partial charge in [0.15, 0.2) is 6.54 Å². The summed E-state index contributed by atoms with van der Waals surface area (Å²) in [7, 11) is 0. The van der Waals surface area contributed by atoms with Crippen LogP contribution in [-0.2, 0) is 22.6 Å². The lowest BCUT2D eigenvalue weighted by atomic mass is 10.1. The third-order valence-corrected chi connectivity index (χ3v) is 5.15. The number of esters is 1. The molecule has 3 rings (SSSR count). The molecule has 6 nitrogen and oxygen atoms in total. The van der Waals surface area contributed by atoms with Crippen molar-refractivity contribution in [1.82, 2.24) is 9.47 Å². The van der Waals surface area contributed by atoms with Gasteiger partial charge in [-0.25, -0.2) is 13.9 Å². The molecule has 2 aromatic rings. The average molecular weight is 359 g/mol. The third kappa shape index (κ3) is 4.36. The number of carbonyl (C=O) groups excluding carboxylic acids is 1. The standard InChI is InChI=1S/C20H30N4O2/c1-2-3-15-26-19(25)16-24-18-10-6-5-9-17(18)23(20(24)21)14-13-22-11-7-4-8-12-22/h5-6,9-10,21H,2-4,7-8,11-16H2,1H3/p+1. The molecule has 0 aliphatic carbocycles. The molecule has 0 atom stereocenters. The maximum Gasteiger partial charge on any atom is 0.356 e. The van der Waals surface area contributed by atoms with Crippen LogP contribution in [0.15, 0.2) is 24.3 Å². The van der Waals surface area contributed by atoms with Gasteiger partial charge in [-0.15, -0.1) is 0 Å². The number of nitrogens with zero attached hydrogens (tertiary/aromatic N) is 3. The minimum atomic E-state index is -0.228. The number of aromatic nitrogens is 2. The molecule has 142 valence electrons. The second-order valence-electron chi connectivity index (χ2n) is 7.06. The van der Waals surface area contributed by atoms with Gasteiger partial charge in [-0.1, -0.05) is 31.9 Å². The van der Waals surface area contributed by atoms with E-state index in [1.165, 1.54) is 32.4 Å². The third-order valence-electron chi connectivity index (χ3n) is 5.15. The van der Waals surface area contributed by atoms with Gasteiger partial charge in [0.1, 0.15) is 11.0 Å². The zero-order chi connectivity index (χ0) is 18.4. The number of unbranched alkanes of at least 4 members (excludes halogenated alkanes) is 1. The molecule has 0 bridgehead atoms. The Labute approximate surface area is 155 Å². The number of imidazole rings is 1. The average Bonchev–Trinajstić information content (AvgIpc) is 2.93. The van der Waals surface area contributed by atoms with E-state index in [0.29, 0.717) is 12.6 Å². The highest BCUT2D eigenvalue weighted by Crippen LogP contribution is 2.17. The Bertz CT molecular complexity index is 735. The Kier molecular flexibility index (Phi) is 6.50. The van der Waals surface area contributed by atoms with E-state index < -0.39 is 0 Å². The van der Waals surface area contributed by atoms with Crippen LogP contribution in [0.4, 0.5) is 5.95 Å². The second kappa shape index (κ2) is 9.03. The van der Waals surface area contributed by atoms with Crippen LogP contribution in [-0.4, -0.2) is 41.7 Å². The van der Waals surface area contributed by atoms with Gasteiger partial charge in [-0.05, 0) is 44.5 Å². The van der Waals surface area contributed by atoms with Gasteiger partial charge in [0.25, 0.3) is 0 Å². The molecular formula is C20H31N4O2+. The van der Waals surface area contributed by atoms with Crippen LogP contribution < -0.4 is 10.3 Å². The first-order chi connectivity index (χ1) is 12.7. The molecular weight excluding hydrogens is 328 g/mol. The van der Waals surface area contributed by atoms with Gasteiger partial charge in [0, 0.05) is 6.54 Å². The second-order valence-corrected chi connectivity index (χ2v) is 7.06. The minimum absolute atomic E-state index is 0.159. The van der Waals surface area contributed by atoms with E-state index in [0.717, 1.165) is 37.0 Å². The summed E-state index contributed by atoms with van der Waals surface area (Å²) in [5, 5.41) is 0. The summed E-state index contributed by atoms with van der Waals surface area (Å²) in [4.78, 5) is 14.7. The summed E-state index contributed by atoms with van der Waals surface area (Å²) >= 11 is 0. The Balaban J connectivity index is 1.76. The van der Waals surface area contributed by atoms with Crippen LogP contribution in [0, 0.1) is 0 Å². The van der Waals surface area contributed by atoms with E-state index in [4.69, 9.17) is 10.5 Å². The van der Waals surface area contributed by atoms with Crippen LogP contribution in [0.5, 0.6) is 0 Å². The number of hydrogen-bond acceptors (Lipinski definition) is 4. The topological polar surface area (TPSA) is 64.4 Å². The Morgan fingerprint density at radius 3 is 2.73 bits per heavy atom. The molecule has 0 amide bonds. The lowest BCUT2D eigenvalue weighted by Crippen LogP contribution is -2.41. The van der Waals surface area contributed by atoms with Crippen molar-refractivity contribution in [2.75, 3.05) is 32.0 Å². The molecule has 26 heavy (non-hydrogen) atoms. The summed E-state index contributed by atoms with van der Waals surface area (Å²) in [5.41, 5.74) is 8.49. The molecule has 2 N–H and O–H groups in total. The summed E-state index contributed by atoms with van der Waals surface area (Å²) in [6.45, 7) is 6.88. The molecule has 2 heterocycles. The normalized spacial score (nSPS) is 15.4. The summed E-state index contributed by atoms with van der Waals surface area (Å²) in [6, 6.07) is 8.09. The highest BCUT2D eigenvalue weighted by Gasteiger charge is 2.23. The molecule has 1 aromatic heterocycles. The van der Waals surface area contributed by atoms with Crippen LogP contribution in [0.3, 0.4) is 0 Å². The van der Waals surface area contributed by atoms with E-state index >= 15 is 0 Å². The zero-order valence-electron chi connectivity index (χ0n) is 15.8. The van der Waals surface area contributed by atoms with E-state index in [1.807, 2.05) is 22.8 Å². The van der Waals surface area contributed by atoms with Gasteiger partial charge in [0.05, 0.1) is 13.2 Å². The summed E-state index contributed by atoms with van der Waals surface area (Å²) < 4.78 is 9.32. The van der Waals surface area contributed by atoms with Crippen molar-refractivity contribution in [3.05, 3.63) is 24.3 Å². The first-order valence-electron chi connectivity index (χ1n) is 9.85. The maximum absolute atomic E-state index is 12.2. The van der Waals surface area contributed by atoms with Crippen molar-refractivity contribution in [2.24, 2.45) is 0 Å². The number of hydrogen-bond donors (Lipinski definition) is 1. The van der Waals surface area contributed by atoms with Crippen molar-refractivity contribution < 1.29 is 14.1 Å². The Morgan fingerprint density at radius 1 is 1.19 bits per heavy atom. The minimum Gasteiger partial charge on any atom is -0.463 e. The van der Waals surface area contributed by atoms with Crippen molar-refractivity contribution >= 4 is 23.0 Å². The highest BCUT2D eigenvalue weighted by atomic mass is 16.5. The number of piperidine rings is 1. The number of likely N-dealkylation sites (tertiary alicyclic amines) is 1. The summed E-state index contributed by atoms with van der Waals surface area (Å²) in [6.07, 6.45) is 5.81. The van der Waals surface area contributed by atoms with Crippen molar-refractivity contribution in [3.8, 4) is 0 Å². The van der Waals surface area contributed by atoms with Crippen LogP contribution in [0.25, 0.3) is 11.0 Å². The van der Waals surface area contributed by atoms with Gasteiger partial charge in [0.2, 0.25) is 0 Å². The quantitative estimate of drug-likeness (QED) is 0.446. The first-order valence-corrected chi connectivity index (χ1v) is 9.85. The molecule has 6 heteroatoms. The number of nitrogens with two attached hydrogens (primary N) is 1. The molecule has 1 aliphatic heterocycles. The largest absolute Gasteiger partial charge is 0.463 e. The smallest absolute Gasteiger partial charge is 0.356 e. The predicted octanol–water partition coefficient (Wildman–Crippen LogP) is 2.34. The number of anilines is 1. The van der Waals surface area contributed by atoms with Gasteiger partial charge < -0.3 is 9.64 Å². The number of benzene rings is 1. The zero-order valence-corrected chi connectivity index (χ0v) is 15.8. The molecule has 0 radical (unpaired) electrons. The molecule has 1 aliphatic rings. The fourth-order valence-corrected chi connectivity index (χ4v) is 3.64. The van der Waals surface area contributed by atoms with E-state index in [-0.39, 0.29) is 12.5 Å². The lowest BCUT2D eigenvalue weighted by Gasteiger charge is -2.25. The molecule has 1 fully saturated rings. The fraction of sp³-hybridized carbons (Fsp3) is 0.600. The van der Waals surface area contributed by atoms with Gasteiger partial charge in [-0.2, -0.15) is 0 Å². The van der Waals surface area contributed by atoms with Crippen molar-refractivity contribution in [3.63, 3.8) is 0 Å². The SMILES string of the molecule is CCCCOC(=O)C[n+]1c(N)n(CCN2CCCCC2)c2ccccc21.